The third kappa shape index (κ3) is 5.67. The number of hydrogen-bond acceptors (Lipinski definition) is 6. The number of ether oxygens (including phenoxy) is 1. The van der Waals surface area contributed by atoms with Crippen LogP contribution in [0.15, 0.2) is 16.7 Å². The van der Waals surface area contributed by atoms with E-state index in [4.69, 9.17) is 9.26 Å². The number of amides is 1. The summed E-state index contributed by atoms with van der Waals surface area (Å²) in [6.45, 7) is 6.37. The minimum absolute atomic E-state index is 0.168. The maximum Gasteiger partial charge on any atom is 0.324 e. The summed E-state index contributed by atoms with van der Waals surface area (Å²) in [4.78, 5) is 19.8. The molecule has 1 aliphatic carbocycles. The topological polar surface area (TPSA) is 71.7 Å². The van der Waals surface area contributed by atoms with Gasteiger partial charge < -0.3 is 19.1 Å². The first kappa shape index (κ1) is 24.4. The molecule has 1 aromatic heterocycles. The molecular formula is C25H34F2N4O3. The predicted octanol–water partition coefficient (Wildman–Crippen LogP) is 4.42. The lowest BCUT2D eigenvalue weighted by molar-refractivity contribution is -0.128. The fourth-order valence-corrected chi connectivity index (χ4v) is 4.76. The number of hydrogen-bond donors (Lipinski definition) is 0. The molecule has 4 rings (SSSR count). The normalized spacial score (nSPS) is 20.6. The number of rotatable bonds is 9. The van der Waals surface area contributed by atoms with Gasteiger partial charge in [0.05, 0.1) is 13.0 Å². The fourth-order valence-electron chi connectivity index (χ4n) is 4.76. The van der Waals surface area contributed by atoms with E-state index in [1.54, 1.807) is 14.1 Å². The highest BCUT2D eigenvalue weighted by Gasteiger charge is 2.43. The van der Waals surface area contributed by atoms with Crippen molar-refractivity contribution in [1.29, 1.82) is 0 Å². The van der Waals surface area contributed by atoms with Gasteiger partial charge in [-0.1, -0.05) is 19.0 Å². The molecule has 1 saturated heterocycles. The number of anilines is 1. The molecule has 1 amide bonds. The number of carbonyl (C=O) groups is 1. The SMILES string of the molecule is CC(C)c1noc(N2CCC([C@@H]3C[C@H]3CCOc3cc(F)c(CC(=O)N(C)C)c(F)c3)CC2)n1. The highest BCUT2D eigenvalue weighted by Crippen LogP contribution is 2.50. The zero-order chi connectivity index (χ0) is 24.4. The lowest BCUT2D eigenvalue weighted by atomic mass is 9.90. The van der Waals surface area contributed by atoms with Crippen molar-refractivity contribution in [2.24, 2.45) is 17.8 Å². The van der Waals surface area contributed by atoms with Gasteiger partial charge in [-0.05, 0) is 43.4 Å². The first-order valence-electron chi connectivity index (χ1n) is 12.1. The molecule has 2 fully saturated rings. The van der Waals surface area contributed by atoms with Crippen LogP contribution in [-0.2, 0) is 11.2 Å². The minimum atomic E-state index is -0.747. The van der Waals surface area contributed by atoms with Crippen LogP contribution < -0.4 is 9.64 Å². The Morgan fingerprint density at radius 1 is 1.24 bits per heavy atom. The second-order valence-electron chi connectivity index (χ2n) is 10.0. The molecule has 1 saturated carbocycles. The molecule has 0 N–H and O–H groups in total. The lowest BCUT2D eigenvalue weighted by Crippen LogP contribution is -2.34. The molecule has 0 spiro atoms. The van der Waals surface area contributed by atoms with Crippen LogP contribution in [-0.4, -0.2) is 54.7 Å². The molecule has 2 heterocycles. The van der Waals surface area contributed by atoms with Gasteiger partial charge in [0.25, 0.3) is 0 Å². The molecule has 34 heavy (non-hydrogen) atoms. The maximum absolute atomic E-state index is 14.3. The van der Waals surface area contributed by atoms with E-state index in [0.717, 1.165) is 38.2 Å². The Bertz CT molecular complexity index is 979. The summed E-state index contributed by atoms with van der Waals surface area (Å²) in [7, 11) is 3.11. The van der Waals surface area contributed by atoms with E-state index < -0.39 is 11.6 Å². The molecular weight excluding hydrogens is 442 g/mol. The van der Waals surface area contributed by atoms with Crippen LogP contribution in [0.25, 0.3) is 0 Å². The fraction of sp³-hybridized carbons (Fsp3) is 0.640. The van der Waals surface area contributed by atoms with E-state index in [9.17, 15) is 13.6 Å². The van der Waals surface area contributed by atoms with Gasteiger partial charge in [0.2, 0.25) is 5.91 Å². The highest BCUT2D eigenvalue weighted by atomic mass is 19.1. The Hall–Kier alpha value is -2.71. The van der Waals surface area contributed by atoms with E-state index in [1.165, 1.54) is 23.5 Å². The van der Waals surface area contributed by atoms with Crippen LogP contribution in [0, 0.1) is 29.4 Å². The Morgan fingerprint density at radius 2 is 1.91 bits per heavy atom. The summed E-state index contributed by atoms with van der Waals surface area (Å²) in [5.74, 6) is 1.28. The number of likely N-dealkylation sites (N-methyl/N-ethyl adjacent to an activating group) is 1. The summed E-state index contributed by atoms with van der Waals surface area (Å²) >= 11 is 0. The van der Waals surface area contributed by atoms with Crippen LogP contribution in [0.4, 0.5) is 14.8 Å². The van der Waals surface area contributed by atoms with Gasteiger partial charge in [-0.3, -0.25) is 4.79 Å². The van der Waals surface area contributed by atoms with E-state index in [0.29, 0.717) is 30.4 Å². The largest absolute Gasteiger partial charge is 0.493 e. The van der Waals surface area contributed by atoms with E-state index in [1.807, 2.05) is 0 Å². The maximum atomic E-state index is 14.3. The first-order chi connectivity index (χ1) is 16.2. The van der Waals surface area contributed by atoms with Gasteiger partial charge in [-0.15, -0.1) is 0 Å². The van der Waals surface area contributed by atoms with Crippen molar-refractivity contribution in [3.63, 3.8) is 0 Å². The van der Waals surface area contributed by atoms with Crippen molar-refractivity contribution in [1.82, 2.24) is 15.0 Å². The smallest absolute Gasteiger partial charge is 0.324 e. The Balaban J connectivity index is 1.20. The molecule has 1 aromatic carbocycles. The van der Waals surface area contributed by atoms with Gasteiger partial charge in [0, 0.05) is 50.8 Å². The van der Waals surface area contributed by atoms with Crippen LogP contribution in [0.5, 0.6) is 5.75 Å². The van der Waals surface area contributed by atoms with E-state index >= 15 is 0 Å². The molecule has 7 nitrogen and oxygen atoms in total. The monoisotopic (exact) mass is 476 g/mol. The molecule has 1 aliphatic heterocycles. The van der Waals surface area contributed by atoms with Gasteiger partial charge in [0.1, 0.15) is 17.4 Å². The van der Waals surface area contributed by atoms with Gasteiger partial charge in [0.15, 0.2) is 5.82 Å². The average Bonchev–Trinajstić information content (AvgIpc) is 3.38. The number of nitrogens with zero attached hydrogens (tertiary/aromatic N) is 4. The number of carbonyl (C=O) groups excluding carboxylic acids is 1. The van der Waals surface area contributed by atoms with Crippen molar-refractivity contribution in [3.05, 3.63) is 35.2 Å². The van der Waals surface area contributed by atoms with Crippen molar-refractivity contribution < 1.29 is 22.8 Å². The second-order valence-corrected chi connectivity index (χ2v) is 10.0. The Labute approximate surface area is 199 Å². The quantitative estimate of drug-likeness (QED) is 0.534. The standard InChI is InChI=1S/C25H34F2N4O3/c1-15(2)24-28-25(34-29-24)31-8-5-16(6-9-31)19-11-17(19)7-10-33-18-12-21(26)20(22(27)13-18)14-23(32)30(3)4/h12-13,15-17,19H,5-11,14H2,1-4H3/t17-,19+/m1/s1. The second kappa shape index (κ2) is 10.3. The van der Waals surface area contributed by atoms with E-state index in [2.05, 4.69) is 28.9 Å². The van der Waals surface area contributed by atoms with Crippen LogP contribution >= 0.6 is 0 Å². The minimum Gasteiger partial charge on any atom is -0.493 e. The van der Waals surface area contributed by atoms with Crippen molar-refractivity contribution in [2.45, 2.75) is 51.9 Å². The first-order valence-corrected chi connectivity index (χ1v) is 12.1. The molecule has 186 valence electrons. The molecule has 0 bridgehead atoms. The van der Waals surface area contributed by atoms with Gasteiger partial charge in [-0.2, -0.15) is 4.98 Å². The predicted molar refractivity (Wildman–Crippen MR) is 124 cm³/mol. The Morgan fingerprint density at radius 3 is 2.50 bits per heavy atom. The third-order valence-corrected chi connectivity index (χ3v) is 7.04. The molecule has 2 aliphatic rings. The summed E-state index contributed by atoms with van der Waals surface area (Å²) in [5.41, 5.74) is -0.222. The Kier molecular flexibility index (Phi) is 7.38. The van der Waals surface area contributed by atoms with Crippen molar-refractivity contribution >= 4 is 11.9 Å². The zero-order valence-electron chi connectivity index (χ0n) is 20.4. The molecule has 2 aromatic rings. The summed E-state index contributed by atoms with van der Waals surface area (Å²) < 4.78 is 39.7. The summed E-state index contributed by atoms with van der Waals surface area (Å²) in [6, 6.07) is 2.97. The van der Waals surface area contributed by atoms with Crippen LogP contribution in [0.1, 0.15) is 56.8 Å². The van der Waals surface area contributed by atoms with Gasteiger partial charge in [-0.25, -0.2) is 8.78 Å². The zero-order valence-corrected chi connectivity index (χ0v) is 20.4. The highest BCUT2D eigenvalue weighted by molar-refractivity contribution is 5.78. The van der Waals surface area contributed by atoms with Crippen LogP contribution in [0.3, 0.4) is 0 Å². The number of aromatic nitrogens is 2. The molecule has 0 unspecified atom stereocenters. The molecule has 0 radical (unpaired) electrons. The number of benzene rings is 1. The van der Waals surface area contributed by atoms with E-state index in [-0.39, 0.29) is 29.6 Å². The van der Waals surface area contributed by atoms with Crippen LogP contribution in [0.2, 0.25) is 0 Å². The average molecular weight is 477 g/mol. The van der Waals surface area contributed by atoms with Crippen molar-refractivity contribution in [3.8, 4) is 5.75 Å². The lowest BCUT2D eigenvalue weighted by Gasteiger charge is -2.30. The molecule has 2 atom stereocenters. The van der Waals surface area contributed by atoms with Gasteiger partial charge >= 0.3 is 6.01 Å². The molecule has 9 heteroatoms. The third-order valence-electron chi connectivity index (χ3n) is 7.04. The summed E-state index contributed by atoms with van der Waals surface area (Å²) in [5, 5.41) is 4.06. The summed E-state index contributed by atoms with van der Waals surface area (Å²) in [6.07, 6.45) is 3.95. The number of halogens is 2. The van der Waals surface area contributed by atoms with Crippen molar-refractivity contribution in [2.75, 3.05) is 38.7 Å². The number of piperidine rings is 1.